The first kappa shape index (κ1) is 26.2. The van der Waals surface area contributed by atoms with Crippen molar-refractivity contribution in [2.75, 3.05) is 0 Å². The van der Waals surface area contributed by atoms with Crippen molar-refractivity contribution < 1.29 is 0 Å². The molecule has 10 aromatic rings. The van der Waals surface area contributed by atoms with Gasteiger partial charge in [0.1, 0.15) is 0 Å². The van der Waals surface area contributed by atoms with Gasteiger partial charge in [0.15, 0.2) is 0 Å². The molecule has 0 unspecified atom stereocenters. The van der Waals surface area contributed by atoms with E-state index >= 15 is 0 Å². The number of benzene rings is 6. The SMILES string of the molecule is c1ccc(-c2cc(-c3ccccc3)nc(-n3c4cc5c(cc4c4ccc6c(ccn6-c6ccccc6)c43)sc3ccccc35)n2)cc1. The van der Waals surface area contributed by atoms with Crippen molar-refractivity contribution in [3.05, 3.63) is 158 Å². The molecule has 0 saturated carbocycles. The van der Waals surface area contributed by atoms with Gasteiger partial charge in [-0.15, -0.1) is 11.3 Å². The van der Waals surface area contributed by atoms with Crippen LogP contribution in [0.1, 0.15) is 0 Å². The van der Waals surface area contributed by atoms with Crippen molar-refractivity contribution in [3.63, 3.8) is 0 Å². The standard InChI is InChI=1S/C42H26N4S/c1-4-12-27(13-5-1)35-26-36(28-14-6-2-7-15-28)44-42(43-35)46-38-24-34-30-18-10-11-19-39(30)47-40(34)25-33(38)31-20-21-37-32(41(31)46)22-23-45(37)29-16-8-3-9-17-29/h1-26H. The highest BCUT2D eigenvalue weighted by Gasteiger charge is 2.21. The Morgan fingerprint density at radius 3 is 1.83 bits per heavy atom. The van der Waals surface area contributed by atoms with E-state index < -0.39 is 0 Å². The lowest BCUT2D eigenvalue weighted by molar-refractivity contribution is 0.998. The molecule has 6 aromatic carbocycles. The van der Waals surface area contributed by atoms with Gasteiger partial charge in [0.2, 0.25) is 5.95 Å². The van der Waals surface area contributed by atoms with Gasteiger partial charge in [-0.3, -0.25) is 4.57 Å². The van der Waals surface area contributed by atoms with Crippen LogP contribution in [0.5, 0.6) is 0 Å². The summed E-state index contributed by atoms with van der Waals surface area (Å²) < 4.78 is 7.14. The van der Waals surface area contributed by atoms with Crippen molar-refractivity contribution in [3.8, 4) is 34.2 Å². The van der Waals surface area contributed by atoms with Crippen molar-refractivity contribution in [1.82, 2.24) is 19.1 Å². The number of hydrogen-bond acceptors (Lipinski definition) is 3. The van der Waals surface area contributed by atoms with Gasteiger partial charge in [-0.05, 0) is 48.5 Å². The third-order valence-corrected chi connectivity index (χ3v) is 10.3. The average molecular weight is 619 g/mol. The molecule has 4 heterocycles. The normalized spacial score (nSPS) is 11.8. The largest absolute Gasteiger partial charge is 0.316 e. The lowest BCUT2D eigenvalue weighted by atomic mass is 10.1. The van der Waals surface area contributed by atoms with Gasteiger partial charge < -0.3 is 4.57 Å². The highest BCUT2D eigenvalue weighted by Crippen LogP contribution is 2.42. The lowest BCUT2D eigenvalue weighted by Gasteiger charge is -2.12. The summed E-state index contributed by atoms with van der Waals surface area (Å²) in [7, 11) is 0. The zero-order valence-corrected chi connectivity index (χ0v) is 26.0. The number of rotatable bonds is 4. The van der Waals surface area contributed by atoms with Crippen LogP contribution in [0.4, 0.5) is 0 Å². The fourth-order valence-corrected chi connectivity index (χ4v) is 8.14. The van der Waals surface area contributed by atoms with E-state index in [1.54, 1.807) is 0 Å². The van der Waals surface area contributed by atoms with Gasteiger partial charge in [0, 0.05) is 59.3 Å². The van der Waals surface area contributed by atoms with Crippen LogP contribution in [0, 0.1) is 0 Å². The lowest BCUT2D eigenvalue weighted by Crippen LogP contribution is -2.04. The molecule has 220 valence electrons. The minimum atomic E-state index is 0.657. The van der Waals surface area contributed by atoms with Gasteiger partial charge in [0.05, 0.1) is 27.9 Å². The molecule has 0 N–H and O–H groups in total. The Labute approximate surface area is 274 Å². The van der Waals surface area contributed by atoms with Crippen molar-refractivity contribution in [2.24, 2.45) is 0 Å². The predicted octanol–water partition coefficient (Wildman–Crippen LogP) is 11.2. The maximum Gasteiger partial charge on any atom is 0.235 e. The molecule has 10 rings (SSSR count). The summed E-state index contributed by atoms with van der Waals surface area (Å²) in [6.07, 6.45) is 2.17. The van der Waals surface area contributed by atoms with Crippen molar-refractivity contribution >= 4 is 64.2 Å². The second kappa shape index (κ2) is 10.2. The Bertz CT molecular complexity index is 2720. The van der Waals surface area contributed by atoms with E-state index in [1.165, 1.54) is 30.9 Å². The van der Waals surface area contributed by atoms with Gasteiger partial charge in [0.25, 0.3) is 0 Å². The molecule has 0 aliphatic carbocycles. The third kappa shape index (κ3) is 4.07. The quantitative estimate of drug-likeness (QED) is 0.197. The molecule has 0 fully saturated rings. The molecular formula is C42H26N4S. The molecule has 4 aromatic heterocycles. The third-order valence-electron chi connectivity index (χ3n) is 9.18. The summed E-state index contributed by atoms with van der Waals surface area (Å²) in [5.74, 6) is 0.657. The first-order valence-electron chi connectivity index (χ1n) is 15.8. The summed E-state index contributed by atoms with van der Waals surface area (Å²) in [6, 6.07) is 53.6. The van der Waals surface area contributed by atoms with E-state index in [9.17, 15) is 0 Å². The highest BCUT2D eigenvalue weighted by atomic mass is 32.1. The second-order valence-corrected chi connectivity index (χ2v) is 13.0. The topological polar surface area (TPSA) is 35.6 Å². The van der Waals surface area contributed by atoms with Crippen LogP contribution in [-0.4, -0.2) is 19.1 Å². The Kier molecular flexibility index (Phi) is 5.71. The van der Waals surface area contributed by atoms with E-state index in [2.05, 4.69) is 155 Å². The predicted molar refractivity (Wildman–Crippen MR) is 197 cm³/mol. The molecule has 47 heavy (non-hydrogen) atoms. The van der Waals surface area contributed by atoms with Crippen LogP contribution in [0.2, 0.25) is 0 Å². The van der Waals surface area contributed by atoms with Gasteiger partial charge >= 0.3 is 0 Å². The summed E-state index contributed by atoms with van der Waals surface area (Å²) in [5.41, 5.74) is 8.37. The molecule has 5 heteroatoms. The van der Waals surface area contributed by atoms with Crippen LogP contribution in [-0.2, 0) is 0 Å². The van der Waals surface area contributed by atoms with Gasteiger partial charge in [-0.1, -0.05) is 103 Å². The highest BCUT2D eigenvalue weighted by molar-refractivity contribution is 7.25. The van der Waals surface area contributed by atoms with Crippen LogP contribution in [0.25, 0.3) is 87.0 Å². The van der Waals surface area contributed by atoms with E-state index in [1.807, 2.05) is 23.5 Å². The zero-order chi connectivity index (χ0) is 30.9. The summed E-state index contributed by atoms with van der Waals surface area (Å²) >= 11 is 1.85. The zero-order valence-electron chi connectivity index (χ0n) is 25.2. The first-order chi connectivity index (χ1) is 23.3. The maximum atomic E-state index is 5.32. The number of aromatic nitrogens is 4. The molecule has 0 aliphatic heterocycles. The van der Waals surface area contributed by atoms with E-state index in [-0.39, 0.29) is 0 Å². The molecule has 0 radical (unpaired) electrons. The van der Waals surface area contributed by atoms with E-state index in [4.69, 9.17) is 9.97 Å². The molecule has 0 amide bonds. The molecule has 0 saturated heterocycles. The van der Waals surface area contributed by atoms with Crippen LogP contribution in [0.15, 0.2) is 158 Å². The molecule has 0 bridgehead atoms. The van der Waals surface area contributed by atoms with E-state index in [0.29, 0.717) is 5.95 Å². The average Bonchev–Trinajstić information content (AvgIpc) is 3.83. The van der Waals surface area contributed by atoms with Gasteiger partial charge in [-0.2, -0.15) is 0 Å². The number of thiophene rings is 1. The summed E-state index contributed by atoms with van der Waals surface area (Å²) in [4.78, 5) is 10.6. The minimum absolute atomic E-state index is 0.657. The van der Waals surface area contributed by atoms with Gasteiger partial charge in [-0.25, -0.2) is 9.97 Å². The van der Waals surface area contributed by atoms with Crippen LogP contribution < -0.4 is 0 Å². The van der Waals surface area contributed by atoms with Crippen molar-refractivity contribution in [1.29, 1.82) is 0 Å². The fourth-order valence-electron chi connectivity index (χ4n) is 7.01. The number of fused-ring (bicyclic) bond motifs is 8. The van der Waals surface area contributed by atoms with E-state index in [0.717, 1.165) is 50.1 Å². The molecule has 4 nitrogen and oxygen atoms in total. The Morgan fingerprint density at radius 2 is 1.11 bits per heavy atom. The monoisotopic (exact) mass is 618 g/mol. The minimum Gasteiger partial charge on any atom is -0.316 e. The molecular weight excluding hydrogens is 593 g/mol. The Hall–Kier alpha value is -6.04. The Morgan fingerprint density at radius 1 is 0.447 bits per heavy atom. The molecule has 0 spiro atoms. The molecule has 0 aliphatic rings. The fraction of sp³-hybridized carbons (Fsp3) is 0. The van der Waals surface area contributed by atoms with Crippen molar-refractivity contribution in [2.45, 2.75) is 0 Å². The number of hydrogen-bond donors (Lipinski definition) is 0. The number of nitrogens with zero attached hydrogens (tertiary/aromatic N) is 4. The first-order valence-corrected chi connectivity index (χ1v) is 16.6. The Balaban J connectivity index is 1.36. The maximum absolute atomic E-state index is 5.32. The summed E-state index contributed by atoms with van der Waals surface area (Å²) in [6.45, 7) is 0. The smallest absolute Gasteiger partial charge is 0.235 e. The van der Waals surface area contributed by atoms with Crippen LogP contribution in [0.3, 0.4) is 0 Å². The molecule has 0 atom stereocenters. The summed E-state index contributed by atoms with van der Waals surface area (Å²) in [5, 5.41) is 6.07. The number of para-hydroxylation sites is 1. The second-order valence-electron chi connectivity index (χ2n) is 11.9. The van der Waals surface area contributed by atoms with Crippen LogP contribution >= 0.6 is 11.3 Å².